The van der Waals surface area contributed by atoms with Crippen LogP contribution in [0.4, 0.5) is 0 Å². The molecule has 0 spiro atoms. The number of aromatic nitrogens is 2. The number of aryl methyl sites for hydroxylation is 1. The fourth-order valence-corrected chi connectivity index (χ4v) is 3.57. The Morgan fingerprint density at radius 2 is 1.92 bits per heavy atom. The van der Waals surface area contributed by atoms with Crippen molar-refractivity contribution in [1.29, 1.82) is 0 Å². The number of likely N-dealkylation sites (N-methyl/N-ethyl adjacent to an activating group) is 1. The van der Waals surface area contributed by atoms with Crippen LogP contribution >= 0.6 is 0 Å². The largest absolute Gasteiger partial charge is 0.492 e. The Hall–Kier alpha value is -2.82. The van der Waals surface area contributed by atoms with E-state index in [0.29, 0.717) is 19.6 Å². The fourth-order valence-electron chi connectivity index (χ4n) is 3.57. The number of carbonyl (C=O) groups is 1. The highest BCUT2D eigenvalue weighted by Gasteiger charge is 2.31. The number of fused-ring (bicyclic) bond motifs is 1. The van der Waals surface area contributed by atoms with E-state index in [2.05, 4.69) is 17.6 Å². The van der Waals surface area contributed by atoms with Crippen molar-refractivity contribution in [2.45, 2.75) is 25.8 Å². The first-order valence-electron chi connectivity index (χ1n) is 9.00. The zero-order valence-corrected chi connectivity index (χ0v) is 15.2. The Morgan fingerprint density at radius 1 is 1.15 bits per heavy atom. The number of hydrogen-bond acceptors (Lipinski definition) is 3. The molecule has 4 rings (SSSR count). The number of amides is 1. The molecule has 26 heavy (non-hydrogen) atoms. The molecule has 5 heteroatoms. The minimum absolute atomic E-state index is 0.138. The van der Waals surface area contributed by atoms with E-state index < -0.39 is 0 Å². The standard InChI is InChI=1S/C21H23N3O2/c1-15-7-9-17(10-8-15)26-12-11-24-19-6-4-3-5-18(19)22-21(24)16-13-20(25)23(2)14-16/h3-10,16H,11-14H2,1-2H3. The van der Waals surface area contributed by atoms with Gasteiger partial charge in [0, 0.05) is 25.9 Å². The Bertz CT molecular complexity index is 930. The zero-order valence-electron chi connectivity index (χ0n) is 15.2. The second-order valence-electron chi connectivity index (χ2n) is 6.95. The van der Waals surface area contributed by atoms with Gasteiger partial charge < -0.3 is 14.2 Å². The smallest absolute Gasteiger partial charge is 0.223 e. The van der Waals surface area contributed by atoms with Crippen LogP contribution in [0.3, 0.4) is 0 Å². The topological polar surface area (TPSA) is 47.4 Å². The second-order valence-corrected chi connectivity index (χ2v) is 6.95. The van der Waals surface area contributed by atoms with E-state index in [-0.39, 0.29) is 11.8 Å². The molecule has 1 fully saturated rings. The quantitative estimate of drug-likeness (QED) is 0.709. The lowest BCUT2D eigenvalue weighted by Gasteiger charge is -2.14. The van der Waals surface area contributed by atoms with Gasteiger partial charge in [-0.2, -0.15) is 0 Å². The van der Waals surface area contributed by atoms with Crippen LogP contribution in [0.15, 0.2) is 48.5 Å². The molecular weight excluding hydrogens is 326 g/mol. The zero-order chi connectivity index (χ0) is 18.1. The van der Waals surface area contributed by atoms with Gasteiger partial charge in [-0.3, -0.25) is 4.79 Å². The lowest BCUT2D eigenvalue weighted by atomic mass is 10.1. The van der Waals surface area contributed by atoms with Gasteiger partial charge in [0.1, 0.15) is 18.2 Å². The molecule has 2 aromatic carbocycles. The van der Waals surface area contributed by atoms with Crippen molar-refractivity contribution in [3.63, 3.8) is 0 Å². The fraction of sp³-hybridized carbons (Fsp3) is 0.333. The monoisotopic (exact) mass is 349 g/mol. The number of benzene rings is 2. The van der Waals surface area contributed by atoms with Gasteiger partial charge in [0.05, 0.1) is 17.6 Å². The van der Waals surface area contributed by atoms with Crippen molar-refractivity contribution in [1.82, 2.24) is 14.5 Å². The lowest BCUT2D eigenvalue weighted by molar-refractivity contribution is -0.126. The number of hydrogen-bond donors (Lipinski definition) is 0. The summed E-state index contributed by atoms with van der Waals surface area (Å²) in [4.78, 5) is 18.6. The van der Waals surface area contributed by atoms with Gasteiger partial charge in [0.15, 0.2) is 0 Å². The summed E-state index contributed by atoms with van der Waals surface area (Å²) in [7, 11) is 1.86. The first kappa shape index (κ1) is 16.6. The molecule has 1 atom stereocenters. The third-order valence-electron chi connectivity index (χ3n) is 4.99. The van der Waals surface area contributed by atoms with Gasteiger partial charge >= 0.3 is 0 Å². The molecule has 1 unspecified atom stereocenters. The van der Waals surface area contributed by atoms with Crippen LogP contribution in [-0.2, 0) is 11.3 Å². The predicted molar refractivity (Wildman–Crippen MR) is 101 cm³/mol. The summed E-state index contributed by atoms with van der Waals surface area (Å²) in [6.45, 7) is 4.06. The molecule has 0 bridgehead atoms. The number of ether oxygens (including phenoxy) is 1. The van der Waals surface area contributed by atoms with Crippen LogP contribution in [0.5, 0.6) is 5.75 Å². The van der Waals surface area contributed by atoms with Crippen molar-refractivity contribution >= 4 is 16.9 Å². The molecule has 1 amide bonds. The van der Waals surface area contributed by atoms with Crippen molar-refractivity contribution in [3.05, 3.63) is 59.9 Å². The van der Waals surface area contributed by atoms with Crippen LogP contribution in [0.1, 0.15) is 23.7 Å². The van der Waals surface area contributed by atoms with E-state index in [0.717, 1.165) is 29.2 Å². The molecule has 1 aliphatic heterocycles. The third-order valence-corrected chi connectivity index (χ3v) is 4.99. The average Bonchev–Trinajstić information content (AvgIpc) is 3.17. The highest BCUT2D eigenvalue weighted by atomic mass is 16.5. The molecule has 1 aromatic heterocycles. The van der Waals surface area contributed by atoms with Crippen LogP contribution in [0.2, 0.25) is 0 Å². The summed E-state index contributed by atoms with van der Waals surface area (Å²) in [5.74, 6) is 2.18. The maximum Gasteiger partial charge on any atom is 0.223 e. The first-order valence-corrected chi connectivity index (χ1v) is 9.00. The van der Waals surface area contributed by atoms with Crippen LogP contribution in [-0.4, -0.2) is 40.6 Å². The number of rotatable bonds is 5. The lowest BCUT2D eigenvalue weighted by Crippen LogP contribution is -2.19. The van der Waals surface area contributed by atoms with Gasteiger partial charge in [-0.15, -0.1) is 0 Å². The Morgan fingerprint density at radius 3 is 2.65 bits per heavy atom. The number of likely N-dealkylation sites (tertiary alicyclic amines) is 1. The molecular formula is C21H23N3O2. The van der Waals surface area contributed by atoms with Gasteiger partial charge in [-0.1, -0.05) is 29.8 Å². The summed E-state index contributed by atoms with van der Waals surface area (Å²) in [5.41, 5.74) is 3.28. The van der Waals surface area contributed by atoms with Crippen molar-refractivity contribution in [2.24, 2.45) is 0 Å². The molecule has 134 valence electrons. The van der Waals surface area contributed by atoms with Crippen molar-refractivity contribution < 1.29 is 9.53 Å². The molecule has 0 radical (unpaired) electrons. The Kier molecular flexibility index (Phi) is 4.37. The van der Waals surface area contributed by atoms with Crippen molar-refractivity contribution in [2.75, 3.05) is 20.2 Å². The highest BCUT2D eigenvalue weighted by molar-refractivity contribution is 5.80. The van der Waals surface area contributed by atoms with Gasteiger partial charge in [-0.05, 0) is 31.2 Å². The minimum atomic E-state index is 0.138. The van der Waals surface area contributed by atoms with E-state index in [1.807, 2.05) is 49.5 Å². The predicted octanol–water partition coefficient (Wildman–Crippen LogP) is 3.37. The SMILES string of the molecule is Cc1ccc(OCCn2c(C3CC(=O)N(C)C3)nc3ccccc32)cc1. The van der Waals surface area contributed by atoms with Gasteiger partial charge in [0.25, 0.3) is 0 Å². The second kappa shape index (κ2) is 6.83. The highest BCUT2D eigenvalue weighted by Crippen LogP contribution is 2.29. The molecule has 0 aliphatic carbocycles. The summed E-state index contributed by atoms with van der Waals surface area (Å²) in [6.07, 6.45) is 0.526. The Labute approximate surface area is 153 Å². The number of imidazole rings is 1. The normalized spacial score (nSPS) is 17.2. The Balaban J connectivity index is 1.57. The summed E-state index contributed by atoms with van der Waals surface area (Å²) < 4.78 is 8.13. The van der Waals surface area contributed by atoms with E-state index >= 15 is 0 Å². The third kappa shape index (κ3) is 3.17. The summed E-state index contributed by atoms with van der Waals surface area (Å²) in [6, 6.07) is 16.2. The average molecular weight is 349 g/mol. The molecule has 1 saturated heterocycles. The first-order chi connectivity index (χ1) is 12.6. The summed E-state index contributed by atoms with van der Waals surface area (Å²) >= 11 is 0. The van der Waals surface area contributed by atoms with E-state index in [1.54, 1.807) is 4.90 Å². The van der Waals surface area contributed by atoms with Gasteiger partial charge in [0.2, 0.25) is 5.91 Å². The number of nitrogens with zero attached hydrogens (tertiary/aromatic N) is 3. The van der Waals surface area contributed by atoms with Crippen LogP contribution in [0.25, 0.3) is 11.0 Å². The molecule has 1 aliphatic rings. The van der Waals surface area contributed by atoms with E-state index in [4.69, 9.17) is 9.72 Å². The maximum atomic E-state index is 12.0. The molecule has 5 nitrogen and oxygen atoms in total. The van der Waals surface area contributed by atoms with Gasteiger partial charge in [-0.25, -0.2) is 4.98 Å². The van der Waals surface area contributed by atoms with E-state index in [9.17, 15) is 4.79 Å². The van der Waals surface area contributed by atoms with Crippen LogP contribution < -0.4 is 4.74 Å². The van der Waals surface area contributed by atoms with E-state index in [1.165, 1.54) is 5.56 Å². The number of carbonyl (C=O) groups excluding carboxylic acids is 1. The molecule has 0 saturated carbocycles. The molecule has 2 heterocycles. The van der Waals surface area contributed by atoms with Crippen molar-refractivity contribution in [3.8, 4) is 5.75 Å². The summed E-state index contributed by atoms with van der Waals surface area (Å²) in [5, 5.41) is 0. The molecule has 3 aromatic rings. The van der Waals surface area contributed by atoms with Crippen LogP contribution in [0, 0.1) is 6.92 Å². The maximum absolute atomic E-state index is 12.0. The minimum Gasteiger partial charge on any atom is -0.492 e. The molecule has 0 N–H and O–H groups in total. The number of para-hydroxylation sites is 2.